The summed E-state index contributed by atoms with van der Waals surface area (Å²) in [5.74, 6) is -1.56. The van der Waals surface area contributed by atoms with E-state index in [0.29, 0.717) is 22.7 Å². The summed E-state index contributed by atoms with van der Waals surface area (Å²) < 4.78 is 95.0. The van der Waals surface area contributed by atoms with E-state index in [9.17, 15) is 30.7 Å². The maximum atomic E-state index is 14.1. The minimum absolute atomic E-state index is 0.0699. The van der Waals surface area contributed by atoms with Gasteiger partial charge in [-0.3, -0.25) is 0 Å². The molecule has 0 radical (unpaired) electrons. The molecular formula is C24H16F7N7. The number of imidazole rings is 2. The van der Waals surface area contributed by atoms with Gasteiger partial charge in [-0.15, -0.1) is 0 Å². The van der Waals surface area contributed by atoms with Crippen molar-refractivity contribution in [3.63, 3.8) is 0 Å². The third-order valence-electron chi connectivity index (χ3n) is 5.66. The van der Waals surface area contributed by atoms with E-state index in [0.717, 1.165) is 18.3 Å². The average Bonchev–Trinajstić information content (AvgIpc) is 3.48. The lowest BCUT2D eigenvalue weighted by Gasteiger charge is -2.14. The number of aromatic nitrogens is 6. The van der Waals surface area contributed by atoms with Crippen LogP contribution in [0.1, 0.15) is 16.8 Å². The van der Waals surface area contributed by atoms with Crippen molar-refractivity contribution in [3.05, 3.63) is 77.6 Å². The lowest BCUT2D eigenvalue weighted by atomic mass is 10.1. The van der Waals surface area contributed by atoms with Gasteiger partial charge in [-0.05, 0) is 11.6 Å². The number of hydrogen-bond acceptors (Lipinski definition) is 5. The fourth-order valence-corrected chi connectivity index (χ4v) is 3.91. The number of H-pyrrole nitrogens is 1. The van der Waals surface area contributed by atoms with E-state index < -0.39 is 35.0 Å². The molecule has 0 atom stereocenters. The Hall–Kier alpha value is -4.49. The molecule has 0 amide bonds. The van der Waals surface area contributed by atoms with Crippen LogP contribution in [0.2, 0.25) is 0 Å². The molecule has 0 saturated carbocycles. The summed E-state index contributed by atoms with van der Waals surface area (Å²) >= 11 is 0. The number of fused-ring (bicyclic) bond motifs is 1. The molecule has 0 aliphatic heterocycles. The molecule has 0 aliphatic rings. The van der Waals surface area contributed by atoms with E-state index >= 15 is 0 Å². The van der Waals surface area contributed by atoms with Crippen molar-refractivity contribution in [1.29, 1.82) is 0 Å². The van der Waals surface area contributed by atoms with Gasteiger partial charge in [0.25, 0.3) is 0 Å². The lowest BCUT2D eigenvalue weighted by molar-refractivity contribution is -0.141. The minimum atomic E-state index is -4.98. The maximum absolute atomic E-state index is 14.1. The molecule has 3 aromatic heterocycles. The molecule has 0 spiro atoms. The summed E-state index contributed by atoms with van der Waals surface area (Å²) in [6.07, 6.45) is -7.36. The first-order chi connectivity index (χ1) is 17.9. The number of halogens is 7. The quantitative estimate of drug-likeness (QED) is 0.262. The van der Waals surface area contributed by atoms with Crippen LogP contribution in [0.5, 0.6) is 0 Å². The number of alkyl halides is 6. The fourth-order valence-electron chi connectivity index (χ4n) is 3.91. The third-order valence-corrected chi connectivity index (χ3v) is 5.66. The number of aromatic amines is 1. The van der Waals surface area contributed by atoms with Gasteiger partial charge in [0.15, 0.2) is 23.0 Å². The summed E-state index contributed by atoms with van der Waals surface area (Å²) in [6, 6.07) is 9.42. The van der Waals surface area contributed by atoms with Gasteiger partial charge in [0.05, 0.1) is 6.33 Å². The molecule has 0 fully saturated rings. The number of nitrogens with one attached hydrogen (secondary N) is 2. The average molecular weight is 535 g/mol. The molecule has 0 aliphatic carbocycles. The lowest BCUT2D eigenvalue weighted by Crippen LogP contribution is -2.12. The standard InChI is InChI=1S/C24H16F7N7/c1-38-10-16(23(26,27)28)35-22(38)13-7-5-12(6-8-13)9-32-20-18-21(34-11-33-18)37-19(36-20)14-3-2-4-15(25)17(14)24(29,30)31/h2-8,10-11H,9H2,1H3,(H2,32,33,34,36,37). The van der Waals surface area contributed by atoms with Crippen LogP contribution in [0.15, 0.2) is 55.0 Å². The van der Waals surface area contributed by atoms with Gasteiger partial charge in [-0.1, -0.05) is 36.4 Å². The highest BCUT2D eigenvalue weighted by atomic mass is 19.4. The van der Waals surface area contributed by atoms with Crippen LogP contribution in [-0.2, 0) is 25.9 Å². The molecule has 7 nitrogen and oxygen atoms in total. The Bertz CT molecular complexity index is 1620. The highest BCUT2D eigenvalue weighted by Gasteiger charge is 2.38. The van der Waals surface area contributed by atoms with Gasteiger partial charge in [0, 0.05) is 30.9 Å². The SMILES string of the molecule is Cn1cc(C(F)(F)F)nc1-c1ccc(CNc2nc(-c3cccc(F)c3C(F)(F)F)nc3nc[nH]c23)cc1. The van der Waals surface area contributed by atoms with Crippen LogP contribution < -0.4 is 5.32 Å². The van der Waals surface area contributed by atoms with Crippen LogP contribution in [0, 0.1) is 5.82 Å². The predicted octanol–water partition coefficient (Wildman–Crippen LogP) is 6.21. The second kappa shape index (κ2) is 9.11. The van der Waals surface area contributed by atoms with Gasteiger partial charge in [-0.2, -0.15) is 26.3 Å². The Balaban J connectivity index is 1.43. The molecule has 5 aromatic rings. The van der Waals surface area contributed by atoms with Gasteiger partial charge in [-0.25, -0.2) is 24.3 Å². The van der Waals surface area contributed by atoms with Crippen molar-refractivity contribution in [2.75, 3.05) is 5.32 Å². The second-order valence-electron chi connectivity index (χ2n) is 8.27. The largest absolute Gasteiger partial charge is 0.434 e. The smallest absolute Gasteiger partial charge is 0.364 e. The first-order valence-corrected chi connectivity index (χ1v) is 10.9. The Morgan fingerprint density at radius 2 is 1.66 bits per heavy atom. The molecule has 0 unspecified atom stereocenters. The first-order valence-electron chi connectivity index (χ1n) is 10.9. The molecule has 2 aromatic carbocycles. The van der Waals surface area contributed by atoms with E-state index in [1.165, 1.54) is 17.9 Å². The minimum Gasteiger partial charge on any atom is -0.364 e. The number of hydrogen-bond donors (Lipinski definition) is 2. The topological polar surface area (TPSA) is 84.3 Å². The zero-order valence-corrected chi connectivity index (χ0v) is 19.3. The van der Waals surface area contributed by atoms with E-state index in [1.807, 2.05) is 0 Å². The van der Waals surface area contributed by atoms with Crippen LogP contribution >= 0.6 is 0 Å². The summed E-state index contributed by atoms with van der Waals surface area (Å²) in [5.41, 5.74) is -1.49. The van der Waals surface area contributed by atoms with Crippen molar-refractivity contribution in [3.8, 4) is 22.8 Å². The predicted molar refractivity (Wildman–Crippen MR) is 123 cm³/mol. The van der Waals surface area contributed by atoms with Crippen LogP contribution in [-0.4, -0.2) is 29.5 Å². The summed E-state index contributed by atoms with van der Waals surface area (Å²) in [5, 5.41) is 3.00. The summed E-state index contributed by atoms with van der Waals surface area (Å²) in [6.45, 7) is 0.147. The molecule has 38 heavy (non-hydrogen) atoms. The summed E-state index contributed by atoms with van der Waals surface area (Å²) in [4.78, 5) is 18.7. The molecular weight excluding hydrogens is 519 g/mol. The molecule has 5 rings (SSSR count). The number of rotatable bonds is 5. The number of nitrogens with zero attached hydrogens (tertiary/aromatic N) is 5. The van der Waals surface area contributed by atoms with E-state index in [1.54, 1.807) is 24.3 Å². The Morgan fingerprint density at radius 3 is 2.32 bits per heavy atom. The molecule has 2 N–H and O–H groups in total. The Labute approximate surface area is 209 Å². The normalized spacial score (nSPS) is 12.3. The summed E-state index contributed by atoms with van der Waals surface area (Å²) in [7, 11) is 1.46. The second-order valence-corrected chi connectivity index (χ2v) is 8.27. The maximum Gasteiger partial charge on any atom is 0.434 e. The van der Waals surface area contributed by atoms with Gasteiger partial charge < -0.3 is 14.9 Å². The van der Waals surface area contributed by atoms with Crippen molar-refractivity contribution in [2.24, 2.45) is 7.05 Å². The zero-order valence-electron chi connectivity index (χ0n) is 19.3. The number of benzene rings is 2. The fraction of sp³-hybridized carbons (Fsp3) is 0.167. The number of anilines is 1. The molecule has 196 valence electrons. The van der Waals surface area contributed by atoms with Crippen LogP contribution in [0.3, 0.4) is 0 Å². The van der Waals surface area contributed by atoms with Crippen LogP contribution in [0.25, 0.3) is 33.9 Å². The molecule has 0 saturated heterocycles. The molecule has 14 heteroatoms. The van der Waals surface area contributed by atoms with E-state index in [-0.39, 0.29) is 29.7 Å². The monoisotopic (exact) mass is 535 g/mol. The molecule has 3 heterocycles. The molecule has 0 bridgehead atoms. The van der Waals surface area contributed by atoms with E-state index in [4.69, 9.17) is 0 Å². The first kappa shape index (κ1) is 25.2. The van der Waals surface area contributed by atoms with Crippen molar-refractivity contribution in [1.82, 2.24) is 29.5 Å². The van der Waals surface area contributed by atoms with Gasteiger partial charge in [0.1, 0.15) is 22.7 Å². The van der Waals surface area contributed by atoms with Crippen LogP contribution in [0.4, 0.5) is 36.6 Å². The van der Waals surface area contributed by atoms with Crippen molar-refractivity contribution in [2.45, 2.75) is 18.9 Å². The third kappa shape index (κ3) is 4.76. The van der Waals surface area contributed by atoms with E-state index in [2.05, 4.69) is 30.2 Å². The number of aryl methyl sites for hydroxylation is 1. The zero-order chi connectivity index (χ0) is 27.2. The Kier molecular flexibility index (Phi) is 6.04. The Morgan fingerprint density at radius 1 is 0.921 bits per heavy atom. The van der Waals surface area contributed by atoms with Gasteiger partial charge >= 0.3 is 12.4 Å². The highest BCUT2D eigenvalue weighted by molar-refractivity contribution is 5.85. The van der Waals surface area contributed by atoms with Gasteiger partial charge in [0.2, 0.25) is 0 Å². The van der Waals surface area contributed by atoms with Crippen molar-refractivity contribution >= 4 is 17.0 Å². The van der Waals surface area contributed by atoms with Crippen molar-refractivity contribution < 1.29 is 30.7 Å². The highest BCUT2D eigenvalue weighted by Crippen LogP contribution is 2.38.